The van der Waals surface area contributed by atoms with Gasteiger partial charge < -0.3 is 26.0 Å². The number of nitrogens with one attached hydrogen (secondary N) is 2. The Morgan fingerprint density at radius 2 is 1.96 bits per heavy atom. The Bertz CT molecular complexity index is 623. The van der Waals surface area contributed by atoms with Crippen LogP contribution in [0, 0.1) is 5.92 Å². The van der Waals surface area contributed by atoms with Crippen LogP contribution >= 0.6 is 11.6 Å². The zero-order chi connectivity index (χ0) is 19.7. The van der Waals surface area contributed by atoms with E-state index in [1.165, 1.54) is 19.2 Å². The molecule has 1 aromatic rings. The van der Waals surface area contributed by atoms with Crippen LogP contribution in [0.2, 0.25) is 5.02 Å². The molecule has 146 valence electrons. The van der Waals surface area contributed by atoms with Crippen molar-refractivity contribution >= 4 is 29.2 Å². The summed E-state index contributed by atoms with van der Waals surface area (Å²) in [4.78, 5) is 26.1. The first-order valence-electron chi connectivity index (χ1n) is 8.74. The number of nitrogens with zero attached hydrogens (tertiary/aromatic N) is 1. The first-order valence-corrected chi connectivity index (χ1v) is 9.11. The van der Waals surface area contributed by atoms with E-state index in [1.54, 1.807) is 4.90 Å². The maximum absolute atomic E-state index is 12.4. The highest BCUT2D eigenvalue weighted by atomic mass is 35.5. The predicted octanol–water partition coefficient (Wildman–Crippen LogP) is 2.74. The molecule has 0 fully saturated rings. The van der Waals surface area contributed by atoms with Crippen LogP contribution < -0.4 is 21.1 Å². The molecule has 0 unspecified atom stereocenters. The van der Waals surface area contributed by atoms with Crippen LogP contribution in [0.15, 0.2) is 12.1 Å². The van der Waals surface area contributed by atoms with Gasteiger partial charge in [0.15, 0.2) is 0 Å². The molecule has 0 aliphatic rings. The fourth-order valence-electron chi connectivity index (χ4n) is 2.30. The van der Waals surface area contributed by atoms with Crippen molar-refractivity contribution in [1.82, 2.24) is 15.5 Å². The lowest BCUT2D eigenvalue weighted by molar-refractivity contribution is 0.0946. The monoisotopic (exact) mass is 384 g/mol. The molecule has 0 atom stereocenters. The van der Waals surface area contributed by atoms with Crippen LogP contribution in [-0.2, 0) is 0 Å². The average molecular weight is 385 g/mol. The van der Waals surface area contributed by atoms with E-state index in [9.17, 15) is 9.59 Å². The van der Waals surface area contributed by atoms with Gasteiger partial charge in [0.25, 0.3) is 5.91 Å². The topological polar surface area (TPSA) is 96.7 Å². The highest BCUT2D eigenvalue weighted by molar-refractivity contribution is 6.33. The number of nitrogen functional groups attached to an aromatic ring is 1. The van der Waals surface area contributed by atoms with E-state index in [2.05, 4.69) is 24.5 Å². The van der Waals surface area contributed by atoms with Crippen molar-refractivity contribution in [1.29, 1.82) is 0 Å². The zero-order valence-corrected chi connectivity index (χ0v) is 16.7. The van der Waals surface area contributed by atoms with Crippen LogP contribution in [0.4, 0.5) is 10.5 Å². The predicted molar refractivity (Wildman–Crippen MR) is 105 cm³/mol. The molecule has 26 heavy (non-hydrogen) atoms. The van der Waals surface area contributed by atoms with Crippen molar-refractivity contribution in [3.05, 3.63) is 22.7 Å². The SMILES string of the molecule is CCN(CCNC(=O)c1cc(Cl)c(N)cc1OC)C(=O)NCCC(C)C. The van der Waals surface area contributed by atoms with E-state index >= 15 is 0 Å². The summed E-state index contributed by atoms with van der Waals surface area (Å²) in [7, 11) is 1.46. The first-order chi connectivity index (χ1) is 12.3. The highest BCUT2D eigenvalue weighted by Gasteiger charge is 2.16. The van der Waals surface area contributed by atoms with Crippen molar-refractivity contribution in [3.8, 4) is 5.75 Å². The van der Waals surface area contributed by atoms with E-state index in [-0.39, 0.29) is 17.0 Å². The molecule has 4 N–H and O–H groups in total. The van der Waals surface area contributed by atoms with Gasteiger partial charge in [-0.2, -0.15) is 0 Å². The van der Waals surface area contributed by atoms with E-state index in [0.717, 1.165) is 6.42 Å². The van der Waals surface area contributed by atoms with Crippen LogP contribution in [0.25, 0.3) is 0 Å². The number of benzene rings is 1. The molecule has 0 aromatic heterocycles. The number of methoxy groups -OCH3 is 1. The summed E-state index contributed by atoms with van der Waals surface area (Å²) in [6.45, 7) is 8.03. The molecule has 3 amide bonds. The van der Waals surface area contributed by atoms with E-state index in [4.69, 9.17) is 22.1 Å². The number of urea groups is 1. The van der Waals surface area contributed by atoms with Gasteiger partial charge in [0.2, 0.25) is 0 Å². The Morgan fingerprint density at radius 1 is 1.27 bits per heavy atom. The third-order valence-corrected chi connectivity index (χ3v) is 4.22. The second-order valence-electron chi connectivity index (χ2n) is 6.32. The number of carbonyl (C=O) groups excluding carboxylic acids is 2. The Balaban J connectivity index is 2.56. The maximum atomic E-state index is 12.4. The van der Waals surface area contributed by atoms with Crippen molar-refractivity contribution in [3.63, 3.8) is 0 Å². The first kappa shape index (κ1) is 21.9. The Kier molecular flexibility index (Phi) is 9.05. The zero-order valence-electron chi connectivity index (χ0n) is 15.9. The lowest BCUT2D eigenvalue weighted by Crippen LogP contribution is -2.44. The minimum atomic E-state index is -0.333. The number of anilines is 1. The van der Waals surface area contributed by atoms with Crippen molar-refractivity contribution in [2.45, 2.75) is 27.2 Å². The van der Waals surface area contributed by atoms with Gasteiger partial charge in [-0.05, 0) is 25.3 Å². The number of carbonyl (C=O) groups is 2. The fraction of sp³-hybridized carbons (Fsp3) is 0.556. The summed E-state index contributed by atoms with van der Waals surface area (Å²) in [5.41, 5.74) is 6.37. The highest BCUT2D eigenvalue weighted by Crippen LogP contribution is 2.28. The normalized spacial score (nSPS) is 10.5. The number of nitrogens with two attached hydrogens (primary N) is 1. The minimum absolute atomic E-state index is 0.129. The standard InChI is InChI=1S/C18H29ClN4O3/c1-5-23(18(25)22-7-6-12(2)3)9-8-21-17(24)13-10-14(19)15(20)11-16(13)26-4/h10-12H,5-9,20H2,1-4H3,(H,21,24)(H,22,25). The van der Waals surface area contributed by atoms with E-state index < -0.39 is 0 Å². The van der Waals surface area contributed by atoms with Crippen LogP contribution in [0.1, 0.15) is 37.6 Å². The summed E-state index contributed by atoms with van der Waals surface area (Å²) in [6.07, 6.45) is 0.928. The summed E-state index contributed by atoms with van der Waals surface area (Å²) < 4.78 is 5.18. The quantitative estimate of drug-likeness (QED) is 0.570. The maximum Gasteiger partial charge on any atom is 0.317 e. The van der Waals surface area contributed by atoms with Gasteiger partial charge in [0.1, 0.15) is 5.75 Å². The third-order valence-electron chi connectivity index (χ3n) is 3.90. The van der Waals surface area contributed by atoms with Crippen LogP contribution in [0.3, 0.4) is 0 Å². The summed E-state index contributed by atoms with van der Waals surface area (Å²) in [5.74, 6) is 0.551. The van der Waals surface area contributed by atoms with E-state index in [1.807, 2.05) is 6.92 Å². The largest absolute Gasteiger partial charge is 0.496 e. The summed E-state index contributed by atoms with van der Waals surface area (Å²) >= 11 is 5.98. The van der Waals surface area contributed by atoms with Gasteiger partial charge in [-0.1, -0.05) is 25.4 Å². The Hall–Kier alpha value is -2.15. The second kappa shape index (κ2) is 10.8. The molecule has 0 aliphatic carbocycles. The molecule has 8 heteroatoms. The molecule has 0 aliphatic heterocycles. The third kappa shape index (κ3) is 6.63. The molecular formula is C18H29ClN4O3. The van der Waals surface area contributed by atoms with Gasteiger partial charge in [-0.25, -0.2) is 4.79 Å². The second-order valence-corrected chi connectivity index (χ2v) is 6.73. The number of rotatable bonds is 9. The molecule has 0 saturated heterocycles. The summed E-state index contributed by atoms with van der Waals surface area (Å²) in [5, 5.41) is 5.95. The molecule has 0 spiro atoms. The number of likely N-dealkylation sites (N-methyl/N-ethyl adjacent to an activating group) is 1. The number of ether oxygens (including phenoxy) is 1. The van der Waals surface area contributed by atoms with Gasteiger partial charge >= 0.3 is 6.03 Å². The van der Waals surface area contributed by atoms with Crippen molar-refractivity contribution < 1.29 is 14.3 Å². The van der Waals surface area contributed by atoms with Gasteiger partial charge in [0, 0.05) is 32.2 Å². The number of hydrogen-bond acceptors (Lipinski definition) is 4. The van der Waals surface area contributed by atoms with Crippen molar-refractivity contribution in [2.24, 2.45) is 5.92 Å². The molecule has 0 bridgehead atoms. The molecule has 7 nitrogen and oxygen atoms in total. The molecular weight excluding hydrogens is 356 g/mol. The average Bonchev–Trinajstić information content (AvgIpc) is 2.59. The fourth-order valence-corrected chi connectivity index (χ4v) is 2.46. The van der Waals surface area contributed by atoms with Gasteiger partial charge in [-0.15, -0.1) is 0 Å². The lowest BCUT2D eigenvalue weighted by atomic mass is 10.1. The van der Waals surface area contributed by atoms with E-state index in [0.29, 0.717) is 49.1 Å². The Morgan fingerprint density at radius 3 is 2.54 bits per heavy atom. The number of amides is 3. The molecule has 1 rings (SSSR count). The smallest absolute Gasteiger partial charge is 0.317 e. The molecule has 1 aromatic carbocycles. The summed E-state index contributed by atoms with van der Waals surface area (Å²) in [6, 6.07) is 2.86. The van der Waals surface area contributed by atoms with Crippen molar-refractivity contribution in [2.75, 3.05) is 39.0 Å². The molecule has 0 radical (unpaired) electrons. The number of hydrogen-bond donors (Lipinski definition) is 3. The van der Waals surface area contributed by atoms with Crippen LogP contribution in [0.5, 0.6) is 5.75 Å². The molecule has 0 saturated carbocycles. The number of halogens is 1. The Labute approximate surface area is 160 Å². The molecule has 0 heterocycles. The minimum Gasteiger partial charge on any atom is -0.496 e. The van der Waals surface area contributed by atoms with Gasteiger partial charge in [0.05, 0.1) is 23.4 Å². The van der Waals surface area contributed by atoms with Crippen LogP contribution in [-0.4, -0.2) is 50.1 Å². The van der Waals surface area contributed by atoms with Gasteiger partial charge in [-0.3, -0.25) is 4.79 Å². The lowest BCUT2D eigenvalue weighted by Gasteiger charge is -2.22.